The molecule has 0 aliphatic rings. The molecular weight excluding hydrogens is 132 g/mol. The quantitative estimate of drug-likeness (QED) is 0.542. The van der Waals surface area contributed by atoms with Gasteiger partial charge in [-0.2, -0.15) is 0 Å². The molecule has 0 aromatic rings. The van der Waals surface area contributed by atoms with E-state index in [4.69, 9.17) is 0 Å². The zero-order valence-corrected chi connectivity index (χ0v) is 8.40. The smallest absolute Gasteiger partial charge is 0.0417 e. The van der Waals surface area contributed by atoms with Crippen molar-refractivity contribution in [3.8, 4) is 0 Å². The Kier molecular flexibility index (Phi) is 6.69. The van der Waals surface area contributed by atoms with Crippen molar-refractivity contribution in [1.82, 2.24) is 0 Å². The highest BCUT2D eigenvalue weighted by atomic mass is 14.1. The summed E-state index contributed by atoms with van der Waals surface area (Å²) in [7, 11) is 0. The van der Waals surface area contributed by atoms with E-state index in [0.29, 0.717) is 5.92 Å². The summed E-state index contributed by atoms with van der Waals surface area (Å²) in [6.07, 6.45) is 6.78. The monoisotopic (exact) mass is 155 g/mol. The molecule has 0 nitrogen and oxygen atoms in total. The molecule has 0 heteroatoms. The molecule has 0 saturated heterocycles. The van der Waals surface area contributed by atoms with E-state index >= 15 is 0 Å². The average Bonchev–Trinajstić information content (AvgIpc) is 1.97. The van der Waals surface area contributed by atoms with E-state index in [-0.39, 0.29) is 0 Å². The fraction of sp³-hybridized carbons (Fsp3) is 0.909. The third kappa shape index (κ3) is 6.40. The molecule has 0 rings (SSSR count). The second kappa shape index (κ2) is 6.69. The molecule has 0 heterocycles. The Morgan fingerprint density at radius 1 is 1.09 bits per heavy atom. The fourth-order valence-electron chi connectivity index (χ4n) is 1.48. The lowest BCUT2D eigenvalue weighted by Gasteiger charge is -2.14. The highest BCUT2D eigenvalue weighted by Gasteiger charge is 2.05. The number of hydrogen-bond donors (Lipinski definition) is 0. The van der Waals surface area contributed by atoms with E-state index in [9.17, 15) is 0 Å². The van der Waals surface area contributed by atoms with Gasteiger partial charge in [0.15, 0.2) is 0 Å². The van der Waals surface area contributed by atoms with Gasteiger partial charge >= 0.3 is 0 Å². The molecular formula is C11H23. The van der Waals surface area contributed by atoms with Crippen LogP contribution in [0.15, 0.2) is 0 Å². The minimum Gasteiger partial charge on any atom is -0.0654 e. The molecule has 0 aromatic carbocycles. The molecule has 11 heavy (non-hydrogen) atoms. The van der Waals surface area contributed by atoms with Crippen LogP contribution < -0.4 is 0 Å². The van der Waals surface area contributed by atoms with Gasteiger partial charge in [0.05, 0.1) is 0 Å². The molecule has 0 saturated carbocycles. The van der Waals surface area contributed by atoms with E-state index in [1.165, 1.54) is 32.1 Å². The Morgan fingerprint density at radius 2 is 1.73 bits per heavy atom. The lowest BCUT2D eigenvalue weighted by atomic mass is 9.92. The van der Waals surface area contributed by atoms with E-state index in [0.717, 1.165) is 5.92 Å². The van der Waals surface area contributed by atoms with Crippen LogP contribution >= 0.6 is 0 Å². The van der Waals surface area contributed by atoms with Gasteiger partial charge in [-0.1, -0.05) is 59.8 Å². The van der Waals surface area contributed by atoms with Gasteiger partial charge in [-0.15, -0.1) is 0 Å². The van der Waals surface area contributed by atoms with Crippen LogP contribution in [0.3, 0.4) is 0 Å². The van der Waals surface area contributed by atoms with Gasteiger partial charge in [0.25, 0.3) is 0 Å². The van der Waals surface area contributed by atoms with Gasteiger partial charge < -0.3 is 0 Å². The van der Waals surface area contributed by atoms with Crippen molar-refractivity contribution in [1.29, 1.82) is 0 Å². The van der Waals surface area contributed by atoms with Crippen LogP contribution in [-0.2, 0) is 0 Å². The van der Waals surface area contributed by atoms with Crippen molar-refractivity contribution in [2.45, 2.75) is 52.9 Å². The summed E-state index contributed by atoms with van der Waals surface area (Å²) in [5, 5.41) is 0. The standard InChI is InChI=1S/C11H23/c1-5-7-11(6-2)9-8-10(3)4/h10-11H,3,5-9H2,1-2,4H3. The first-order chi connectivity index (χ1) is 5.20. The van der Waals surface area contributed by atoms with Crippen LogP contribution in [0.4, 0.5) is 0 Å². The molecule has 0 aliphatic carbocycles. The van der Waals surface area contributed by atoms with Crippen molar-refractivity contribution in [2.75, 3.05) is 0 Å². The van der Waals surface area contributed by atoms with Crippen LogP contribution in [0.2, 0.25) is 0 Å². The third-order valence-electron chi connectivity index (χ3n) is 2.34. The molecule has 67 valence electrons. The van der Waals surface area contributed by atoms with Crippen LogP contribution in [0.5, 0.6) is 0 Å². The minimum atomic E-state index is 0.640. The van der Waals surface area contributed by atoms with Crippen molar-refractivity contribution < 1.29 is 0 Å². The maximum absolute atomic E-state index is 4.00. The highest BCUT2D eigenvalue weighted by Crippen LogP contribution is 2.19. The topological polar surface area (TPSA) is 0 Å². The first-order valence-corrected chi connectivity index (χ1v) is 5.03. The summed E-state index contributed by atoms with van der Waals surface area (Å²) in [5.74, 6) is 1.60. The molecule has 2 unspecified atom stereocenters. The second-order valence-electron chi connectivity index (χ2n) is 3.75. The van der Waals surface area contributed by atoms with Crippen molar-refractivity contribution >= 4 is 0 Å². The average molecular weight is 155 g/mol. The van der Waals surface area contributed by atoms with Crippen molar-refractivity contribution in [3.63, 3.8) is 0 Å². The van der Waals surface area contributed by atoms with Gasteiger partial charge in [-0.3, -0.25) is 0 Å². The molecule has 0 amide bonds. The molecule has 0 spiro atoms. The minimum absolute atomic E-state index is 0.640. The van der Waals surface area contributed by atoms with Crippen molar-refractivity contribution in [3.05, 3.63) is 6.92 Å². The summed E-state index contributed by atoms with van der Waals surface area (Å²) >= 11 is 0. The molecule has 0 N–H and O–H groups in total. The summed E-state index contributed by atoms with van der Waals surface area (Å²) in [4.78, 5) is 0. The normalized spacial score (nSPS) is 13.9. The maximum Gasteiger partial charge on any atom is -0.0417 e. The molecule has 2 atom stereocenters. The fourth-order valence-corrected chi connectivity index (χ4v) is 1.48. The summed E-state index contributed by atoms with van der Waals surface area (Å²) < 4.78 is 0. The molecule has 1 radical (unpaired) electrons. The first-order valence-electron chi connectivity index (χ1n) is 5.03. The molecule has 0 aromatic heterocycles. The lowest BCUT2D eigenvalue weighted by Crippen LogP contribution is -2.00. The Morgan fingerprint density at radius 3 is 2.09 bits per heavy atom. The lowest BCUT2D eigenvalue weighted by molar-refractivity contribution is 0.398. The van der Waals surface area contributed by atoms with Crippen LogP contribution in [0.25, 0.3) is 0 Å². The van der Waals surface area contributed by atoms with E-state index in [2.05, 4.69) is 27.7 Å². The van der Waals surface area contributed by atoms with Crippen molar-refractivity contribution in [2.24, 2.45) is 11.8 Å². The molecule has 0 bridgehead atoms. The Hall–Kier alpha value is 0. The summed E-state index contributed by atoms with van der Waals surface area (Å²) in [6.45, 7) is 10.8. The Balaban J connectivity index is 3.35. The maximum atomic E-state index is 4.00. The largest absolute Gasteiger partial charge is 0.0654 e. The first kappa shape index (κ1) is 11.0. The number of hydrogen-bond acceptors (Lipinski definition) is 0. The second-order valence-corrected chi connectivity index (χ2v) is 3.75. The van der Waals surface area contributed by atoms with E-state index in [1.54, 1.807) is 0 Å². The van der Waals surface area contributed by atoms with E-state index in [1.807, 2.05) is 0 Å². The Bertz CT molecular complexity index is 74.1. The van der Waals surface area contributed by atoms with E-state index < -0.39 is 0 Å². The zero-order valence-electron chi connectivity index (χ0n) is 8.40. The van der Waals surface area contributed by atoms with Gasteiger partial charge in [-0.25, -0.2) is 0 Å². The van der Waals surface area contributed by atoms with Gasteiger partial charge in [0.1, 0.15) is 0 Å². The number of rotatable bonds is 6. The summed E-state index contributed by atoms with van der Waals surface area (Å²) in [5.41, 5.74) is 0. The van der Waals surface area contributed by atoms with Gasteiger partial charge in [0, 0.05) is 0 Å². The van der Waals surface area contributed by atoms with Gasteiger partial charge in [-0.05, 0) is 11.8 Å². The molecule has 0 aliphatic heterocycles. The third-order valence-corrected chi connectivity index (χ3v) is 2.34. The van der Waals surface area contributed by atoms with Crippen LogP contribution in [0, 0.1) is 18.8 Å². The zero-order chi connectivity index (χ0) is 8.69. The summed E-state index contributed by atoms with van der Waals surface area (Å²) in [6, 6.07) is 0. The molecule has 0 fully saturated rings. The van der Waals surface area contributed by atoms with Gasteiger partial charge in [0.2, 0.25) is 0 Å². The predicted octanol–water partition coefficient (Wildman–Crippen LogP) is 4.06. The van der Waals surface area contributed by atoms with Crippen LogP contribution in [-0.4, -0.2) is 0 Å². The predicted molar refractivity (Wildman–Crippen MR) is 52.4 cm³/mol. The SMILES string of the molecule is [CH2]C(C)CCC(CC)CCC. The highest BCUT2D eigenvalue weighted by molar-refractivity contribution is 4.61. The Labute approximate surface area is 72.4 Å². The van der Waals surface area contributed by atoms with Crippen LogP contribution in [0.1, 0.15) is 52.9 Å².